The number of benzene rings is 1. The normalized spacial score (nSPS) is 12.6. The lowest BCUT2D eigenvalue weighted by molar-refractivity contribution is -0.137. The monoisotopic (exact) mass is 417 g/mol. The minimum atomic E-state index is -0.867. The molecule has 0 fully saturated rings. The molecule has 0 saturated heterocycles. The fraction of sp³-hybridized carbons (Fsp3) is 0.522. The van der Waals surface area contributed by atoms with Crippen LogP contribution in [-0.2, 0) is 16.0 Å². The van der Waals surface area contributed by atoms with Crippen molar-refractivity contribution in [1.29, 1.82) is 0 Å². The molecule has 1 heterocycles. The molecule has 0 aliphatic rings. The molecule has 0 radical (unpaired) electrons. The molecule has 0 saturated carbocycles. The zero-order chi connectivity index (χ0) is 22.5. The van der Waals surface area contributed by atoms with E-state index in [0.29, 0.717) is 12.0 Å². The zero-order valence-corrected chi connectivity index (χ0v) is 18.5. The van der Waals surface area contributed by atoms with Crippen LogP contribution in [0.25, 0.3) is 11.0 Å². The maximum atomic E-state index is 12.7. The van der Waals surface area contributed by atoms with Crippen LogP contribution in [0, 0.1) is 5.92 Å². The third kappa shape index (κ3) is 6.90. The number of rotatable bonds is 7. The Labute approximate surface area is 176 Å². The Balaban J connectivity index is 2.22. The molecule has 0 aliphatic carbocycles. The van der Waals surface area contributed by atoms with Gasteiger partial charge in [0.25, 0.3) is 0 Å². The van der Waals surface area contributed by atoms with E-state index in [0.717, 1.165) is 23.8 Å². The van der Waals surface area contributed by atoms with E-state index in [-0.39, 0.29) is 11.7 Å². The van der Waals surface area contributed by atoms with Gasteiger partial charge in [0, 0.05) is 17.5 Å². The van der Waals surface area contributed by atoms with Crippen LogP contribution in [0.3, 0.4) is 0 Å². The molecule has 2 rings (SSSR count). The second kappa shape index (κ2) is 9.78. The summed E-state index contributed by atoms with van der Waals surface area (Å²) in [5.41, 5.74) is 0.129. The van der Waals surface area contributed by atoms with Gasteiger partial charge in [0.15, 0.2) is 0 Å². The second-order valence-corrected chi connectivity index (χ2v) is 8.75. The molecule has 7 heteroatoms. The van der Waals surface area contributed by atoms with Gasteiger partial charge in [0.2, 0.25) is 0 Å². The summed E-state index contributed by atoms with van der Waals surface area (Å²) in [6.07, 6.45) is 1.35. The van der Waals surface area contributed by atoms with Gasteiger partial charge in [0.1, 0.15) is 23.0 Å². The molecule has 0 bridgehead atoms. The fourth-order valence-corrected chi connectivity index (χ4v) is 3.07. The summed E-state index contributed by atoms with van der Waals surface area (Å²) in [7, 11) is 0. The van der Waals surface area contributed by atoms with Crippen LogP contribution < -0.4 is 15.7 Å². The summed E-state index contributed by atoms with van der Waals surface area (Å²) >= 11 is 0. The van der Waals surface area contributed by atoms with Crippen molar-refractivity contribution >= 4 is 23.0 Å². The van der Waals surface area contributed by atoms with Crippen molar-refractivity contribution < 1.29 is 23.5 Å². The van der Waals surface area contributed by atoms with Crippen molar-refractivity contribution in [2.24, 2.45) is 5.92 Å². The number of aryl methyl sites for hydroxylation is 1. The van der Waals surface area contributed by atoms with Crippen LogP contribution >= 0.6 is 0 Å². The van der Waals surface area contributed by atoms with Crippen molar-refractivity contribution in [1.82, 2.24) is 5.32 Å². The third-order valence-electron chi connectivity index (χ3n) is 4.22. The number of carbonyl (C=O) groups is 2. The number of esters is 1. The lowest BCUT2D eigenvalue weighted by Gasteiger charge is -2.23. The first-order valence-electron chi connectivity index (χ1n) is 10.3. The summed E-state index contributed by atoms with van der Waals surface area (Å²) < 4.78 is 16.0. The van der Waals surface area contributed by atoms with E-state index in [1.54, 1.807) is 32.9 Å². The van der Waals surface area contributed by atoms with E-state index < -0.39 is 29.3 Å². The molecule has 1 aromatic carbocycles. The van der Waals surface area contributed by atoms with Crippen molar-refractivity contribution in [2.45, 2.75) is 72.4 Å². The molecule has 7 nitrogen and oxygen atoms in total. The topological polar surface area (TPSA) is 94.8 Å². The number of hydrogen-bond acceptors (Lipinski definition) is 6. The Kier molecular flexibility index (Phi) is 7.65. The summed E-state index contributed by atoms with van der Waals surface area (Å²) in [5, 5.41) is 3.40. The first kappa shape index (κ1) is 23.4. The lowest BCUT2D eigenvalue weighted by Crippen LogP contribution is -2.45. The first-order valence-corrected chi connectivity index (χ1v) is 10.3. The standard InChI is InChI=1S/C23H31NO6/c1-7-8-15-12-20(25)29-19-13-16(9-10-17(15)19)28-21(26)18(11-14(2)3)24-22(27)30-23(4,5)6/h9-10,12-14,18H,7-8,11H2,1-6H3,(H,24,27). The zero-order valence-electron chi connectivity index (χ0n) is 18.5. The SMILES string of the molecule is CCCc1cc(=O)oc2cc(OC(=O)C(CC(C)C)NC(=O)OC(C)(C)C)ccc12. The minimum Gasteiger partial charge on any atom is -0.444 e. The molecular weight excluding hydrogens is 386 g/mol. The van der Waals surface area contributed by atoms with Gasteiger partial charge in [-0.25, -0.2) is 14.4 Å². The van der Waals surface area contributed by atoms with E-state index in [4.69, 9.17) is 13.9 Å². The summed E-state index contributed by atoms with van der Waals surface area (Å²) in [6.45, 7) is 11.2. The highest BCUT2D eigenvalue weighted by molar-refractivity contribution is 5.85. The molecule has 0 spiro atoms. The molecule has 1 N–H and O–H groups in total. The maximum Gasteiger partial charge on any atom is 0.408 e. The van der Waals surface area contributed by atoms with E-state index in [2.05, 4.69) is 5.32 Å². The average Bonchev–Trinajstić information content (AvgIpc) is 2.58. The smallest absolute Gasteiger partial charge is 0.408 e. The highest BCUT2D eigenvalue weighted by Crippen LogP contribution is 2.24. The van der Waals surface area contributed by atoms with Gasteiger partial charge in [-0.3, -0.25) is 0 Å². The summed E-state index contributed by atoms with van der Waals surface area (Å²) in [5.74, 6) is -0.228. The molecule has 1 amide bonds. The number of amides is 1. The Bertz CT molecular complexity index is 954. The number of nitrogens with one attached hydrogen (secondary N) is 1. The van der Waals surface area contributed by atoms with E-state index in [1.807, 2.05) is 20.8 Å². The second-order valence-electron chi connectivity index (χ2n) is 8.75. The predicted octanol–water partition coefficient (Wildman–Crippen LogP) is 4.59. The first-order chi connectivity index (χ1) is 14.0. The molecule has 164 valence electrons. The highest BCUT2D eigenvalue weighted by atomic mass is 16.6. The van der Waals surface area contributed by atoms with Crippen LogP contribution in [0.5, 0.6) is 5.75 Å². The average molecular weight is 418 g/mol. The van der Waals surface area contributed by atoms with Crippen molar-refractivity contribution in [3.63, 3.8) is 0 Å². The van der Waals surface area contributed by atoms with Gasteiger partial charge in [-0.15, -0.1) is 0 Å². The number of fused-ring (bicyclic) bond motifs is 1. The Morgan fingerprint density at radius 1 is 1.17 bits per heavy atom. The van der Waals surface area contributed by atoms with Gasteiger partial charge in [-0.1, -0.05) is 27.2 Å². The quantitative estimate of drug-likeness (QED) is 0.402. The fourth-order valence-electron chi connectivity index (χ4n) is 3.07. The van der Waals surface area contributed by atoms with Crippen molar-refractivity contribution in [3.8, 4) is 5.75 Å². The van der Waals surface area contributed by atoms with Gasteiger partial charge in [-0.2, -0.15) is 0 Å². The van der Waals surface area contributed by atoms with Crippen LogP contribution in [0.15, 0.2) is 33.5 Å². The molecular formula is C23H31NO6. The molecule has 30 heavy (non-hydrogen) atoms. The maximum absolute atomic E-state index is 12.7. The Morgan fingerprint density at radius 3 is 2.47 bits per heavy atom. The molecule has 2 aromatic rings. The largest absolute Gasteiger partial charge is 0.444 e. The van der Waals surface area contributed by atoms with Gasteiger partial charge in [-0.05, 0) is 57.2 Å². The van der Waals surface area contributed by atoms with Gasteiger partial charge >= 0.3 is 17.7 Å². The molecule has 0 aliphatic heterocycles. The summed E-state index contributed by atoms with van der Waals surface area (Å²) in [4.78, 5) is 36.7. The summed E-state index contributed by atoms with van der Waals surface area (Å²) in [6, 6.07) is 5.56. The van der Waals surface area contributed by atoms with Crippen LogP contribution in [0.4, 0.5) is 4.79 Å². The van der Waals surface area contributed by atoms with Gasteiger partial charge in [0.05, 0.1) is 0 Å². The Morgan fingerprint density at radius 2 is 1.87 bits per heavy atom. The highest BCUT2D eigenvalue weighted by Gasteiger charge is 2.27. The Hall–Kier alpha value is -2.83. The van der Waals surface area contributed by atoms with Gasteiger partial charge < -0.3 is 19.2 Å². The molecule has 1 aromatic heterocycles. The van der Waals surface area contributed by atoms with Crippen molar-refractivity contribution in [3.05, 3.63) is 40.2 Å². The number of ether oxygens (including phenoxy) is 2. The molecule has 1 unspecified atom stereocenters. The van der Waals surface area contributed by atoms with Crippen LogP contribution in [0.2, 0.25) is 0 Å². The number of alkyl carbamates (subject to hydrolysis) is 1. The van der Waals surface area contributed by atoms with Crippen LogP contribution in [0.1, 0.15) is 59.9 Å². The van der Waals surface area contributed by atoms with E-state index in [1.165, 1.54) is 12.1 Å². The lowest BCUT2D eigenvalue weighted by atomic mass is 10.0. The van der Waals surface area contributed by atoms with Crippen LogP contribution in [-0.4, -0.2) is 23.7 Å². The van der Waals surface area contributed by atoms with Crippen molar-refractivity contribution in [2.75, 3.05) is 0 Å². The van der Waals surface area contributed by atoms with E-state index in [9.17, 15) is 14.4 Å². The minimum absolute atomic E-state index is 0.142. The van der Waals surface area contributed by atoms with E-state index >= 15 is 0 Å². The number of hydrogen-bond donors (Lipinski definition) is 1. The third-order valence-corrected chi connectivity index (χ3v) is 4.22. The predicted molar refractivity (Wildman–Crippen MR) is 115 cm³/mol. The number of carbonyl (C=O) groups excluding carboxylic acids is 2. The molecule has 1 atom stereocenters.